The van der Waals surface area contributed by atoms with Gasteiger partial charge in [0.25, 0.3) is 0 Å². The number of rotatable bonds is 6. The Kier molecular flexibility index (Phi) is 5.20. The minimum atomic E-state index is -0.172. The van der Waals surface area contributed by atoms with Crippen LogP contribution in [0, 0.1) is 0 Å². The molecule has 0 saturated heterocycles. The van der Waals surface area contributed by atoms with Crippen molar-refractivity contribution in [3.8, 4) is 5.75 Å². The van der Waals surface area contributed by atoms with Crippen LogP contribution >= 0.6 is 0 Å². The molecule has 92 valence electrons. The smallest absolute Gasteiger partial charge is 0.229 e. The lowest BCUT2D eigenvalue weighted by molar-refractivity contribution is -0.134. The molecule has 0 saturated carbocycles. The largest absolute Gasteiger partial charge is 0.492 e. The first-order valence-corrected chi connectivity index (χ1v) is 5.51. The molecular weight excluding hydrogens is 218 g/mol. The molecule has 4 nitrogen and oxygen atoms in total. The van der Waals surface area contributed by atoms with E-state index in [0.29, 0.717) is 13.2 Å². The molecule has 0 N–H and O–H groups in total. The van der Waals surface area contributed by atoms with Crippen molar-refractivity contribution in [2.24, 2.45) is 0 Å². The van der Waals surface area contributed by atoms with Crippen LogP contribution in [0.2, 0.25) is 0 Å². The lowest BCUT2D eigenvalue weighted by Crippen LogP contribution is -2.31. The van der Waals surface area contributed by atoms with Gasteiger partial charge in [0.1, 0.15) is 18.1 Å². The summed E-state index contributed by atoms with van der Waals surface area (Å²) in [7, 11) is 1.67. The number of ether oxygens (including phenoxy) is 1. The van der Waals surface area contributed by atoms with Crippen LogP contribution in [0.25, 0.3) is 0 Å². The Hall–Kier alpha value is -1.84. The van der Waals surface area contributed by atoms with E-state index in [1.54, 1.807) is 7.05 Å². The van der Waals surface area contributed by atoms with E-state index >= 15 is 0 Å². The molecular formula is C13H17NO3. The van der Waals surface area contributed by atoms with Gasteiger partial charge in [-0.2, -0.15) is 0 Å². The molecule has 17 heavy (non-hydrogen) atoms. The summed E-state index contributed by atoms with van der Waals surface area (Å²) in [5.74, 6) is 0.486. The summed E-state index contributed by atoms with van der Waals surface area (Å²) >= 11 is 0. The maximum absolute atomic E-state index is 11.4. The predicted octanol–water partition coefficient (Wildman–Crippen LogP) is 1.50. The SMILES string of the molecule is CC(=O)CC(=O)N(C)CCOc1ccccc1. The summed E-state index contributed by atoms with van der Waals surface area (Å²) in [6.45, 7) is 2.30. The topological polar surface area (TPSA) is 46.6 Å². The monoisotopic (exact) mass is 235 g/mol. The zero-order valence-electron chi connectivity index (χ0n) is 10.2. The Morgan fingerprint density at radius 2 is 1.88 bits per heavy atom. The molecule has 1 aromatic carbocycles. The average Bonchev–Trinajstić information content (AvgIpc) is 2.29. The predicted molar refractivity (Wildman–Crippen MR) is 64.9 cm³/mol. The highest BCUT2D eigenvalue weighted by Gasteiger charge is 2.10. The zero-order valence-corrected chi connectivity index (χ0v) is 10.2. The number of carbonyl (C=O) groups is 2. The quantitative estimate of drug-likeness (QED) is 0.702. The summed E-state index contributed by atoms with van der Waals surface area (Å²) in [6.07, 6.45) is -0.0398. The molecule has 1 rings (SSSR count). The molecule has 1 amide bonds. The average molecular weight is 235 g/mol. The Morgan fingerprint density at radius 3 is 2.47 bits per heavy atom. The van der Waals surface area contributed by atoms with E-state index in [4.69, 9.17) is 4.74 Å². The van der Waals surface area contributed by atoms with Crippen molar-refractivity contribution in [2.45, 2.75) is 13.3 Å². The summed E-state index contributed by atoms with van der Waals surface area (Å²) in [5, 5.41) is 0. The number of carbonyl (C=O) groups excluding carboxylic acids is 2. The molecule has 0 atom stereocenters. The molecule has 1 aromatic rings. The molecule has 0 unspecified atom stereocenters. The van der Waals surface area contributed by atoms with Crippen LogP contribution in [0.15, 0.2) is 30.3 Å². The molecule has 0 aliphatic rings. The van der Waals surface area contributed by atoms with E-state index in [2.05, 4.69) is 0 Å². The second-order valence-corrected chi connectivity index (χ2v) is 3.86. The van der Waals surface area contributed by atoms with E-state index in [0.717, 1.165) is 5.75 Å². The van der Waals surface area contributed by atoms with Crippen molar-refractivity contribution in [2.75, 3.05) is 20.2 Å². The van der Waals surface area contributed by atoms with E-state index in [1.807, 2.05) is 30.3 Å². The first-order chi connectivity index (χ1) is 8.09. The Balaban J connectivity index is 2.27. The van der Waals surface area contributed by atoms with Gasteiger partial charge in [0.2, 0.25) is 5.91 Å². The third-order valence-corrected chi connectivity index (χ3v) is 2.26. The van der Waals surface area contributed by atoms with Crippen molar-refractivity contribution in [1.82, 2.24) is 4.90 Å². The third-order valence-electron chi connectivity index (χ3n) is 2.26. The van der Waals surface area contributed by atoms with Crippen molar-refractivity contribution >= 4 is 11.7 Å². The fourth-order valence-corrected chi connectivity index (χ4v) is 1.29. The van der Waals surface area contributed by atoms with Gasteiger partial charge < -0.3 is 9.64 Å². The highest BCUT2D eigenvalue weighted by Crippen LogP contribution is 2.07. The second-order valence-electron chi connectivity index (χ2n) is 3.86. The summed E-state index contributed by atoms with van der Waals surface area (Å²) in [6, 6.07) is 9.41. The van der Waals surface area contributed by atoms with Crippen LogP contribution in [-0.4, -0.2) is 36.8 Å². The zero-order chi connectivity index (χ0) is 12.7. The van der Waals surface area contributed by atoms with Crippen LogP contribution in [0.3, 0.4) is 0 Å². The van der Waals surface area contributed by atoms with Crippen molar-refractivity contribution < 1.29 is 14.3 Å². The first-order valence-electron chi connectivity index (χ1n) is 5.51. The number of ketones is 1. The minimum absolute atomic E-state index is 0.0398. The lowest BCUT2D eigenvalue weighted by atomic mass is 10.3. The minimum Gasteiger partial charge on any atom is -0.492 e. The van der Waals surface area contributed by atoms with Gasteiger partial charge in [-0.1, -0.05) is 18.2 Å². The third kappa shape index (κ3) is 5.15. The Morgan fingerprint density at radius 1 is 1.24 bits per heavy atom. The highest BCUT2D eigenvalue weighted by molar-refractivity contribution is 5.96. The van der Waals surface area contributed by atoms with Gasteiger partial charge in [0.05, 0.1) is 13.0 Å². The lowest BCUT2D eigenvalue weighted by Gasteiger charge is -2.16. The number of Topliss-reactive ketones (excluding diaryl/α,β-unsaturated/α-hetero) is 1. The molecule has 0 radical (unpaired) electrons. The van der Waals surface area contributed by atoms with Crippen LogP contribution < -0.4 is 4.74 Å². The van der Waals surface area contributed by atoms with E-state index in [9.17, 15) is 9.59 Å². The maximum atomic E-state index is 11.4. The van der Waals surface area contributed by atoms with Gasteiger partial charge in [-0.25, -0.2) is 0 Å². The Labute approximate surface area is 101 Å². The summed E-state index contributed by atoms with van der Waals surface area (Å²) in [4.78, 5) is 23.7. The van der Waals surface area contributed by atoms with Gasteiger partial charge >= 0.3 is 0 Å². The maximum Gasteiger partial charge on any atom is 0.229 e. The van der Waals surface area contributed by atoms with Gasteiger partial charge in [0, 0.05) is 7.05 Å². The Bertz CT molecular complexity index is 376. The summed E-state index contributed by atoms with van der Waals surface area (Å²) < 4.78 is 5.45. The second kappa shape index (κ2) is 6.68. The fraction of sp³-hybridized carbons (Fsp3) is 0.385. The number of hydrogen-bond acceptors (Lipinski definition) is 3. The van der Waals surface area contributed by atoms with E-state index in [-0.39, 0.29) is 18.1 Å². The van der Waals surface area contributed by atoms with E-state index < -0.39 is 0 Å². The van der Waals surface area contributed by atoms with Crippen LogP contribution in [-0.2, 0) is 9.59 Å². The van der Waals surface area contributed by atoms with Crippen molar-refractivity contribution in [1.29, 1.82) is 0 Å². The normalized spacial score (nSPS) is 9.76. The van der Waals surface area contributed by atoms with Crippen LogP contribution in [0.1, 0.15) is 13.3 Å². The molecule has 4 heteroatoms. The van der Waals surface area contributed by atoms with Gasteiger partial charge in [0.15, 0.2) is 0 Å². The molecule has 0 aliphatic carbocycles. The molecule has 0 heterocycles. The van der Waals surface area contributed by atoms with Crippen LogP contribution in [0.5, 0.6) is 5.75 Å². The number of hydrogen-bond donors (Lipinski definition) is 0. The summed E-state index contributed by atoms with van der Waals surface area (Å²) in [5.41, 5.74) is 0. The van der Waals surface area contributed by atoms with Crippen molar-refractivity contribution in [3.63, 3.8) is 0 Å². The van der Waals surface area contributed by atoms with E-state index in [1.165, 1.54) is 11.8 Å². The number of nitrogens with zero attached hydrogens (tertiary/aromatic N) is 1. The number of amides is 1. The van der Waals surface area contributed by atoms with Crippen molar-refractivity contribution in [3.05, 3.63) is 30.3 Å². The molecule has 0 fully saturated rings. The van der Waals surface area contributed by atoms with Crippen LogP contribution in [0.4, 0.5) is 0 Å². The first kappa shape index (κ1) is 13.2. The van der Waals surface area contributed by atoms with Gasteiger partial charge in [-0.3, -0.25) is 9.59 Å². The van der Waals surface area contributed by atoms with Gasteiger partial charge in [-0.05, 0) is 19.1 Å². The fourth-order valence-electron chi connectivity index (χ4n) is 1.29. The number of benzene rings is 1. The molecule has 0 spiro atoms. The standard InChI is InChI=1S/C13H17NO3/c1-11(15)10-13(16)14(2)8-9-17-12-6-4-3-5-7-12/h3-7H,8-10H2,1-2H3. The molecule has 0 aromatic heterocycles. The number of para-hydroxylation sites is 1. The number of likely N-dealkylation sites (N-methyl/N-ethyl adjacent to an activating group) is 1. The molecule has 0 aliphatic heterocycles. The highest BCUT2D eigenvalue weighted by atomic mass is 16.5. The van der Waals surface area contributed by atoms with Gasteiger partial charge in [-0.15, -0.1) is 0 Å². The molecule has 0 bridgehead atoms.